The van der Waals surface area contributed by atoms with Gasteiger partial charge < -0.3 is 10.0 Å². The van der Waals surface area contributed by atoms with Gasteiger partial charge in [0.05, 0.1) is 12.1 Å². The fourth-order valence-corrected chi connectivity index (χ4v) is 4.39. The molecule has 0 spiro atoms. The lowest BCUT2D eigenvalue weighted by molar-refractivity contribution is -0.0345. The van der Waals surface area contributed by atoms with Crippen LogP contribution in [0.15, 0.2) is 24.3 Å². The number of fused-ring (bicyclic) bond motifs is 5. The van der Waals surface area contributed by atoms with E-state index in [4.69, 9.17) is 0 Å². The average molecular weight is 257 g/mol. The molecule has 4 unspecified atom stereocenters. The van der Waals surface area contributed by atoms with E-state index < -0.39 is 0 Å². The number of piperidine rings is 1. The molecule has 0 aromatic heterocycles. The number of rotatable bonds is 0. The van der Waals surface area contributed by atoms with Crippen LogP contribution in [0.3, 0.4) is 0 Å². The number of benzene rings is 1. The molecule has 1 saturated carbocycles. The van der Waals surface area contributed by atoms with Crippen molar-refractivity contribution in [3.05, 3.63) is 35.4 Å². The molecule has 0 bridgehead atoms. The van der Waals surface area contributed by atoms with E-state index in [0.29, 0.717) is 5.92 Å². The summed E-state index contributed by atoms with van der Waals surface area (Å²) in [5.74, 6) is 0.479. The van der Waals surface area contributed by atoms with Crippen LogP contribution in [-0.4, -0.2) is 28.1 Å². The van der Waals surface area contributed by atoms with E-state index in [1.54, 1.807) is 0 Å². The maximum Gasteiger partial charge on any atom is 0.254 e. The first kappa shape index (κ1) is 11.5. The van der Waals surface area contributed by atoms with Crippen LogP contribution >= 0.6 is 0 Å². The molecule has 1 saturated heterocycles. The molecular weight excluding hydrogens is 238 g/mol. The largest absolute Gasteiger partial charge is 0.393 e. The van der Waals surface area contributed by atoms with Crippen LogP contribution in [0.2, 0.25) is 0 Å². The van der Waals surface area contributed by atoms with Crippen LogP contribution in [0.1, 0.15) is 54.1 Å². The molecule has 1 N–H and O–H groups in total. The van der Waals surface area contributed by atoms with E-state index >= 15 is 0 Å². The SMILES string of the molecule is O=C1c2ccccc2C2CCC3C(O)CCCC3N12. The van der Waals surface area contributed by atoms with Gasteiger partial charge in [-0.3, -0.25) is 4.79 Å². The van der Waals surface area contributed by atoms with Crippen LogP contribution in [0.25, 0.3) is 0 Å². The second-order valence-corrected chi connectivity index (χ2v) is 6.12. The van der Waals surface area contributed by atoms with Crippen molar-refractivity contribution in [2.75, 3.05) is 0 Å². The molecule has 1 amide bonds. The molecule has 100 valence electrons. The second-order valence-electron chi connectivity index (χ2n) is 6.12. The summed E-state index contributed by atoms with van der Waals surface area (Å²) >= 11 is 0. The highest BCUT2D eigenvalue weighted by molar-refractivity contribution is 5.99. The summed E-state index contributed by atoms with van der Waals surface area (Å²) in [6.45, 7) is 0. The first-order valence-electron chi connectivity index (χ1n) is 7.37. The lowest BCUT2D eigenvalue weighted by Gasteiger charge is -2.47. The summed E-state index contributed by atoms with van der Waals surface area (Å²) in [6, 6.07) is 8.53. The van der Waals surface area contributed by atoms with Crippen molar-refractivity contribution in [1.29, 1.82) is 0 Å². The number of hydrogen-bond donors (Lipinski definition) is 1. The third-order valence-corrected chi connectivity index (χ3v) is 5.24. The van der Waals surface area contributed by atoms with E-state index in [9.17, 15) is 9.90 Å². The Morgan fingerprint density at radius 1 is 1.11 bits per heavy atom. The van der Waals surface area contributed by atoms with Crippen molar-refractivity contribution < 1.29 is 9.90 Å². The van der Waals surface area contributed by atoms with E-state index in [1.807, 2.05) is 18.2 Å². The molecule has 1 aromatic rings. The zero-order valence-corrected chi connectivity index (χ0v) is 11.0. The third-order valence-electron chi connectivity index (χ3n) is 5.24. The van der Waals surface area contributed by atoms with Crippen LogP contribution < -0.4 is 0 Å². The monoisotopic (exact) mass is 257 g/mol. The average Bonchev–Trinajstić information content (AvgIpc) is 2.74. The molecule has 2 heterocycles. The Morgan fingerprint density at radius 2 is 1.95 bits per heavy atom. The van der Waals surface area contributed by atoms with Gasteiger partial charge in [0.2, 0.25) is 0 Å². The zero-order valence-electron chi connectivity index (χ0n) is 11.0. The van der Waals surface area contributed by atoms with Gasteiger partial charge in [0.1, 0.15) is 0 Å². The van der Waals surface area contributed by atoms with Crippen molar-refractivity contribution >= 4 is 5.91 Å². The Morgan fingerprint density at radius 3 is 2.84 bits per heavy atom. The minimum absolute atomic E-state index is 0.185. The third kappa shape index (κ3) is 1.51. The highest BCUT2D eigenvalue weighted by Crippen LogP contribution is 2.48. The Balaban J connectivity index is 1.75. The van der Waals surface area contributed by atoms with Crippen molar-refractivity contribution in [2.24, 2.45) is 5.92 Å². The van der Waals surface area contributed by atoms with Gasteiger partial charge >= 0.3 is 0 Å². The smallest absolute Gasteiger partial charge is 0.254 e. The van der Waals surface area contributed by atoms with Crippen LogP contribution in [-0.2, 0) is 0 Å². The number of amides is 1. The molecule has 1 aliphatic carbocycles. The topological polar surface area (TPSA) is 40.5 Å². The summed E-state index contributed by atoms with van der Waals surface area (Å²) in [6.07, 6.45) is 4.83. The lowest BCUT2D eigenvalue weighted by atomic mass is 9.74. The Bertz CT molecular complexity index is 527. The molecule has 2 aliphatic heterocycles. The molecule has 3 nitrogen and oxygen atoms in total. The maximum atomic E-state index is 12.6. The first-order chi connectivity index (χ1) is 9.27. The Hall–Kier alpha value is -1.35. The predicted molar refractivity (Wildman–Crippen MR) is 71.7 cm³/mol. The van der Waals surface area contributed by atoms with Gasteiger partial charge in [0.15, 0.2) is 0 Å². The molecule has 0 radical (unpaired) electrons. The standard InChI is InChI=1S/C16H19NO2/c18-15-7-3-6-13-12(15)8-9-14-10-4-1-2-5-11(10)16(19)17(13)14/h1-2,4-5,12-15,18H,3,6-9H2. The van der Waals surface area contributed by atoms with Gasteiger partial charge in [0.25, 0.3) is 5.91 Å². The number of nitrogens with zero attached hydrogens (tertiary/aromatic N) is 1. The summed E-state index contributed by atoms with van der Waals surface area (Å²) in [4.78, 5) is 14.7. The molecule has 19 heavy (non-hydrogen) atoms. The van der Waals surface area contributed by atoms with Crippen molar-refractivity contribution in [3.63, 3.8) is 0 Å². The summed E-state index contributed by atoms with van der Waals surface area (Å²) in [5.41, 5.74) is 2.08. The number of aliphatic hydroxyl groups is 1. The van der Waals surface area contributed by atoms with Gasteiger partial charge in [-0.1, -0.05) is 18.2 Å². The highest BCUT2D eigenvalue weighted by atomic mass is 16.3. The number of carbonyl (C=O) groups is 1. The number of aliphatic hydroxyl groups excluding tert-OH is 1. The molecule has 4 rings (SSSR count). The Kier molecular flexibility index (Phi) is 2.46. The lowest BCUT2D eigenvalue weighted by Crippen LogP contribution is -2.52. The molecule has 3 aliphatic rings. The number of carbonyl (C=O) groups excluding carboxylic acids is 1. The molecule has 4 atom stereocenters. The minimum Gasteiger partial charge on any atom is -0.393 e. The van der Waals surface area contributed by atoms with E-state index in [2.05, 4.69) is 11.0 Å². The number of hydrogen-bond acceptors (Lipinski definition) is 2. The summed E-state index contributed by atoms with van der Waals surface area (Å²) < 4.78 is 0. The Labute approximate surface area is 113 Å². The van der Waals surface area contributed by atoms with Gasteiger partial charge in [-0.15, -0.1) is 0 Å². The van der Waals surface area contributed by atoms with Crippen molar-refractivity contribution in [3.8, 4) is 0 Å². The summed E-state index contributed by atoms with van der Waals surface area (Å²) in [5, 5.41) is 10.2. The molecule has 1 aromatic carbocycles. The van der Waals surface area contributed by atoms with Crippen LogP contribution in [0.5, 0.6) is 0 Å². The van der Waals surface area contributed by atoms with Crippen LogP contribution in [0, 0.1) is 5.92 Å². The van der Waals surface area contributed by atoms with E-state index in [0.717, 1.165) is 37.7 Å². The minimum atomic E-state index is -0.212. The molecular formula is C16H19NO2. The van der Waals surface area contributed by atoms with Crippen LogP contribution in [0.4, 0.5) is 0 Å². The van der Waals surface area contributed by atoms with E-state index in [1.165, 1.54) is 5.56 Å². The van der Waals surface area contributed by atoms with Crippen molar-refractivity contribution in [2.45, 2.75) is 50.3 Å². The van der Waals surface area contributed by atoms with Gasteiger partial charge in [0, 0.05) is 17.5 Å². The molecule has 3 heteroatoms. The highest BCUT2D eigenvalue weighted by Gasteiger charge is 2.48. The fourth-order valence-electron chi connectivity index (χ4n) is 4.39. The normalized spacial score (nSPS) is 36.7. The van der Waals surface area contributed by atoms with E-state index in [-0.39, 0.29) is 24.1 Å². The van der Waals surface area contributed by atoms with Gasteiger partial charge in [-0.2, -0.15) is 0 Å². The molecule has 2 fully saturated rings. The quantitative estimate of drug-likeness (QED) is 0.775. The fraction of sp³-hybridized carbons (Fsp3) is 0.562. The van der Waals surface area contributed by atoms with Gasteiger partial charge in [-0.25, -0.2) is 0 Å². The predicted octanol–water partition coefficient (Wildman–Crippen LogP) is 2.51. The first-order valence-corrected chi connectivity index (χ1v) is 7.37. The summed E-state index contributed by atoms with van der Waals surface area (Å²) in [7, 11) is 0. The van der Waals surface area contributed by atoms with Gasteiger partial charge in [-0.05, 0) is 43.7 Å². The zero-order chi connectivity index (χ0) is 13.0. The maximum absolute atomic E-state index is 12.6. The van der Waals surface area contributed by atoms with Crippen molar-refractivity contribution in [1.82, 2.24) is 4.90 Å². The second kappa shape index (κ2) is 4.07.